The predicted molar refractivity (Wildman–Crippen MR) is 77.2 cm³/mol. The minimum Gasteiger partial charge on any atom is -0.387 e. The van der Waals surface area contributed by atoms with Crippen LogP contribution in [0.5, 0.6) is 0 Å². The van der Waals surface area contributed by atoms with Crippen LogP contribution in [-0.4, -0.2) is 23.7 Å². The molecule has 19 heavy (non-hydrogen) atoms. The minimum absolute atomic E-state index is 0.0904. The molecule has 0 bridgehead atoms. The van der Waals surface area contributed by atoms with Crippen molar-refractivity contribution in [1.82, 2.24) is 10.6 Å². The number of hydrogen-bond donors (Lipinski definition) is 3. The summed E-state index contributed by atoms with van der Waals surface area (Å²) >= 11 is 5.77. The Kier molecular flexibility index (Phi) is 6.12. The van der Waals surface area contributed by atoms with Crippen molar-refractivity contribution in [3.63, 3.8) is 0 Å². The fraction of sp³-hybridized carbons (Fsp3) is 0.500. The summed E-state index contributed by atoms with van der Waals surface area (Å²) in [4.78, 5) is 11.6. The van der Waals surface area contributed by atoms with Gasteiger partial charge in [0.25, 0.3) is 0 Å². The lowest BCUT2D eigenvalue weighted by molar-refractivity contribution is 0.172. The number of amides is 2. The van der Waals surface area contributed by atoms with E-state index in [-0.39, 0.29) is 18.6 Å². The highest BCUT2D eigenvalue weighted by molar-refractivity contribution is 6.30. The summed E-state index contributed by atoms with van der Waals surface area (Å²) in [7, 11) is 0. The van der Waals surface area contributed by atoms with Gasteiger partial charge >= 0.3 is 6.03 Å². The van der Waals surface area contributed by atoms with Crippen molar-refractivity contribution in [1.29, 1.82) is 0 Å². The first-order chi connectivity index (χ1) is 8.90. The van der Waals surface area contributed by atoms with Gasteiger partial charge in [-0.2, -0.15) is 0 Å². The Morgan fingerprint density at radius 3 is 2.37 bits per heavy atom. The molecule has 1 aromatic carbocycles. The fourth-order valence-electron chi connectivity index (χ4n) is 1.42. The van der Waals surface area contributed by atoms with Gasteiger partial charge < -0.3 is 15.7 Å². The fourth-order valence-corrected chi connectivity index (χ4v) is 1.54. The number of carbonyl (C=O) groups is 1. The average molecular weight is 285 g/mol. The molecule has 0 fully saturated rings. The summed E-state index contributed by atoms with van der Waals surface area (Å²) in [5, 5.41) is 16.0. The molecule has 0 aliphatic carbocycles. The molecule has 0 aliphatic rings. The molecule has 0 saturated heterocycles. The third kappa shape index (κ3) is 5.49. The molecule has 0 aliphatic heterocycles. The van der Waals surface area contributed by atoms with Crippen LogP contribution in [0.3, 0.4) is 0 Å². The molecule has 0 aromatic heterocycles. The maximum absolute atomic E-state index is 11.6. The second-order valence-corrected chi connectivity index (χ2v) is 5.39. The molecule has 3 N–H and O–H groups in total. The maximum Gasteiger partial charge on any atom is 0.315 e. The molecule has 2 amide bonds. The third-order valence-electron chi connectivity index (χ3n) is 3.07. The summed E-state index contributed by atoms with van der Waals surface area (Å²) in [5.74, 6) is 0.368. The van der Waals surface area contributed by atoms with E-state index >= 15 is 0 Å². The summed E-state index contributed by atoms with van der Waals surface area (Å²) in [6.07, 6.45) is -0.739. The molecule has 106 valence electrons. The number of nitrogens with one attached hydrogen (secondary N) is 2. The van der Waals surface area contributed by atoms with Gasteiger partial charge in [-0.25, -0.2) is 4.79 Å². The van der Waals surface area contributed by atoms with Crippen LogP contribution in [0.2, 0.25) is 5.02 Å². The van der Waals surface area contributed by atoms with Gasteiger partial charge in [0.15, 0.2) is 0 Å². The first kappa shape index (κ1) is 15.8. The van der Waals surface area contributed by atoms with Crippen LogP contribution in [0.15, 0.2) is 24.3 Å². The summed E-state index contributed by atoms with van der Waals surface area (Å²) in [5.41, 5.74) is 0.724. The highest BCUT2D eigenvalue weighted by atomic mass is 35.5. The Hall–Kier alpha value is -1.26. The van der Waals surface area contributed by atoms with Gasteiger partial charge in [0.05, 0.1) is 6.10 Å². The number of aliphatic hydroxyl groups excluding tert-OH is 1. The van der Waals surface area contributed by atoms with E-state index in [1.54, 1.807) is 24.3 Å². The number of aliphatic hydroxyl groups is 1. The lowest BCUT2D eigenvalue weighted by Gasteiger charge is -2.19. The number of rotatable bonds is 5. The van der Waals surface area contributed by atoms with Crippen LogP contribution >= 0.6 is 11.6 Å². The standard InChI is InChI=1S/C14H21ClN2O2/c1-9(2)10(3)17-14(19)16-8-13(18)11-4-6-12(15)7-5-11/h4-7,9-10,13,18H,8H2,1-3H3,(H2,16,17,19). The van der Waals surface area contributed by atoms with Gasteiger partial charge in [-0.05, 0) is 30.5 Å². The quantitative estimate of drug-likeness (QED) is 0.778. The summed E-state index contributed by atoms with van der Waals surface area (Å²) in [6, 6.07) is 6.72. The topological polar surface area (TPSA) is 61.4 Å². The van der Waals surface area contributed by atoms with Crippen LogP contribution < -0.4 is 10.6 Å². The molecule has 0 saturated carbocycles. The summed E-state index contributed by atoms with van der Waals surface area (Å²) < 4.78 is 0. The van der Waals surface area contributed by atoms with E-state index in [4.69, 9.17) is 11.6 Å². The van der Waals surface area contributed by atoms with E-state index < -0.39 is 6.10 Å². The smallest absolute Gasteiger partial charge is 0.315 e. The number of halogens is 1. The SMILES string of the molecule is CC(C)C(C)NC(=O)NCC(O)c1ccc(Cl)cc1. The molecule has 1 aromatic rings. The van der Waals surface area contributed by atoms with E-state index in [2.05, 4.69) is 10.6 Å². The number of benzene rings is 1. The summed E-state index contributed by atoms with van der Waals surface area (Å²) in [6.45, 7) is 6.18. The number of urea groups is 1. The van der Waals surface area contributed by atoms with Gasteiger partial charge in [0.2, 0.25) is 0 Å². The van der Waals surface area contributed by atoms with Crippen molar-refractivity contribution in [2.75, 3.05) is 6.54 Å². The lowest BCUT2D eigenvalue weighted by Crippen LogP contribution is -2.44. The van der Waals surface area contributed by atoms with Crippen molar-refractivity contribution in [2.45, 2.75) is 32.9 Å². The van der Waals surface area contributed by atoms with Crippen LogP contribution in [0.25, 0.3) is 0 Å². The van der Waals surface area contributed by atoms with E-state index in [9.17, 15) is 9.90 Å². The Morgan fingerprint density at radius 1 is 1.26 bits per heavy atom. The Bertz CT molecular complexity index is 406. The zero-order chi connectivity index (χ0) is 14.4. The van der Waals surface area contributed by atoms with Gasteiger partial charge in [-0.3, -0.25) is 0 Å². The van der Waals surface area contributed by atoms with Crippen molar-refractivity contribution < 1.29 is 9.90 Å². The molecule has 0 heterocycles. The molecule has 0 spiro atoms. The number of carbonyl (C=O) groups excluding carboxylic acids is 1. The van der Waals surface area contributed by atoms with Gasteiger partial charge in [0, 0.05) is 17.6 Å². The molecular formula is C14H21ClN2O2. The van der Waals surface area contributed by atoms with Crippen LogP contribution in [0.4, 0.5) is 4.79 Å². The second kappa shape index (κ2) is 7.36. The minimum atomic E-state index is -0.739. The van der Waals surface area contributed by atoms with Gasteiger partial charge in [-0.15, -0.1) is 0 Å². The van der Waals surface area contributed by atoms with Crippen molar-refractivity contribution in [3.05, 3.63) is 34.9 Å². The molecule has 5 heteroatoms. The molecule has 1 rings (SSSR count). The first-order valence-corrected chi connectivity index (χ1v) is 6.76. The normalized spacial score (nSPS) is 14.0. The van der Waals surface area contributed by atoms with Crippen molar-refractivity contribution >= 4 is 17.6 Å². The van der Waals surface area contributed by atoms with Crippen LogP contribution in [-0.2, 0) is 0 Å². The predicted octanol–water partition coefficient (Wildman–Crippen LogP) is 2.72. The van der Waals surface area contributed by atoms with E-state index in [1.165, 1.54) is 0 Å². The van der Waals surface area contributed by atoms with Crippen LogP contribution in [0, 0.1) is 5.92 Å². The van der Waals surface area contributed by atoms with E-state index in [0.717, 1.165) is 5.56 Å². The molecule has 4 nitrogen and oxygen atoms in total. The Balaban J connectivity index is 2.39. The molecular weight excluding hydrogens is 264 g/mol. The molecule has 0 radical (unpaired) electrons. The first-order valence-electron chi connectivity index (χ1n) is 6.38. The zero-order valence-electron chi connectivity index (χ0n) is 11.5. The van der Waals surface area contributed by atoms with E-state index in [0.29, 0.717) is 10.9 Å². The monoisotopic (exact) mass is 284 g/mol. The highest BCUT2D eigenvalue weighted by Gasteiger charge is 2.12. The largest absolute Gasteiger partial charge is 0.387 e. The van der Waals surface area contributed by atoms with Crippen molar-refractivity contribution in [2.24, 2.45) is 5.92 Å². The maximum atomic E-state index is 11.6. The second-order valence-electron chi connectivity index (χ2n) is 4.95. The van der Waals surface area contributed by atoms with Crippen molar-refractivity contribution in [3.8, 4) is 0 Å². The average Bonchev–Trinajstić information content (AvgIpc) is 2.36. The lowest BCUT2D eigenvalue weighted by atomic mass is 10.1. The number of hydrogen-bond acceptors (Lipinski definition) is 2. The highest BCUT2D eigenvalue weighted by Crippen LogP contribution is 2.15. The van der Waals surface area contributed by atoms with Crippen LogP contribution in [0.1, 0.15) is 32.4 Å². The Labute approximate surface area is 119 Å². The zero-order valence-corrected chi connectivity index (χ0v) is 12.2. The third-order valence-corrected chi connectivity index (χ3v) is 3.32. The Morgan fingerprint density at radius 2 is 1.84 bits per heavy atom. The van der Waals surface area contributed by atoms with E-state index in [1.807, 2.05) is 20.8 Å². The van der Waals surface area contributed by atoms with Gasteiger partial charge in [0.1, 0.15) is 0 Å². The van der Waals surface area contributed by atoms with Gasteiger partial charge in [-0.1, -0.05) is 37.6 Å². The molecule has 2 unspecified atom stereocenters. The molecule has 2 atom stereocenters.